The molecule has 2 aliphatic heterocycles. The molecule has 27 heavy (non-hydrogen) atoms. The minimum atomic E-state index is -9.60. The second-order valence-corrected chi connectivity index (χ2v) is 10.6. The van der Waals surface area contributed by atoms with Crippen molar-refractivity contribution in [2.24, 2.45) is 0 Å². The molecule has 0 bridgehead atoms. The molecule has 2 nitrogen and oxygen atoms in total. The number of nitrogens with zero attached hydrogens (tertiary/aromatic N) is 1. The van der Waals surface area contributed by atoms with Crippen LogP contribution in [0.15, 0.2) is 40.6 Å². The van der Waals surface area contributed by atoms with Crippen LogP contribution in [0.5, 0.6) is 0 Å². The van der Waals surface area contributed by atoms with Gasteiger partial charge in [0, 0.05) is 30.9 Å². The first-order valence-electron chi connectivity index (χ1n) is 8.71. The lowest BCUT2D eigenvalue weighted by Gasteiger charge is -2.44. The highest BCUT2D eigenvalue weighted by molar-refractivity contribution is 8.45. The van der Waals surface area contributed by atoms with Gasteiger partial charge in [-0.2, -0.15) is 0 Å². The third-order valence-corrected chi connectivity index (χ3v) is 7.53. The van der Waals surface area contributed by atoms with Gasteiger partial charge in [0.25, 0.3) is 0 Å². The highest BCUT2D eigenvalue weighted by atomic mass is 32.5. The molecule has 0 amide bonds. The summed E-state index contributed by atoms with van der Waals surface area (Å²) in [5.74, 6) is 0. The topological polar surface area (TPSA) is 12.5 Å². The van der Waals surface area contributed by atoms with Gasteiger partial charge in [0.1, 0.15) is 4.90 Å². The van der Waals surface area contributed by atoms with Crippen molar-refractivity contribution in [3.8, 4) is 0 Å². The van der Waals surface area contributed by atoms with Gasteiger partial charge >= 0.3 is 10.2 Å². The van der Waals surface area contributed by atoms with Crippen molar-refractivity contribution in [1.82, 2.24) is 4.90 Å². The second-order valence-electron chi connectivity index (χ2n) is 7.24. The summed E-state index contributed by atoms with van der Waals surface area (Å²) in [6.45, 7) is 2.65. The van der Waals surface area contributed by atoms with Gasteiger partial charge in [-0.05, 0) is 47.5 Å². The molecule has 0 N–H and O–H groups in total. The molecule has 3 heterocycles. The van der Waals surface area contributed by atoms with Crippen LogP contribution in [0.4, 0.5) is 19.4 Å². The summed E-state index contributed by atoms with van der Waals surface area (Å²) < 4.78 is 70.2. The van der Waals surface area contributed by atoms with Crippen LogP contribution < -0.4 is 0 Å². The largest absolute Gasteiger partial charge is 0.370 e. The lowest BCUT2D eigenvalue weighted by molar-refractivity contribution is -0.0980. The summed E-state index contributed by atoms with van der Waals surface area (Å²) in [5.41, 5.74) is 1.62. The van der Waals surface area contributed by atoms with Crippen LogP contribution in [0, 0.1) is 0 Å². The number of benzene rings is 1. The molecular weight excluding hydrogens is 405 g/mol. The number of thiophene rings is 1. The lowest BCUT2D eigenvalue weighted by atomic mass is 9.82. The highest BCUT2D eigenvalue weighted by Gasteiger charge is 2.65. The normalized spacial score (nSPS) is 22.9. The first-order chi connectivity index (χ1) is 12.5. The summed E-state index contributed by atoms with van der Waals surface area (Å²) in [7, 11) is -9.60. The number of hydrogen-bond acceptors (Lipinski definition) is 3. The Balaban J connectivity index is 1.42. The van der Waals surface area contributed by atoms with E-state index >= 15 is 0 Å². The number of halogens is 5. The van der Waals surface area contributed by atoms with Crippen LogP contribution in [0.3, 0.4) is 0 Å². The average Bonchev–Trinajstić information content (AvgIpc) is 3.06. The quantitative estimate of drug-likeness (QED) is 0.523. The Morgan fingerprint density at radius 1 is 1.00 bits per heavy atom. The SMILES string of the molecule is FS(F)(F)(F)(F)c1ccc(CN2CCC3(CC2)OCCc2sccc23)cc1. The van der Waals surface area contributed by atoms with Crippen LogP contribution in [-0.4, -0.2) is 24.6 Å². The third kappa shape index (κ3) is 3.87. The second kappa shape index (κ2) is 5.68. The molecule has 1 aromatic heterocycles. The molecule has 2 aliphatic rings. The molecule has 0 atom stereocenters. The first-order valence-corrected chi connectivity index (χ1v) is 11.5. The Hall–Kier alpha value is -1.16. The van der Waals surface area contributed by atoms with Crippen LogP contribution in [0.1, 0.15) is 28.8 Å². The first kappa shape index (κ1) is 19.2. The number of hydrogen-bond donors (Lipinski definition) is 0. The Morgan fingerprint density at radius 3 is 2.30 bits per heavy atom. The van der Waals surface area contributed by atoms with Gasteiger partial charge in [-0.1, -0.05) is 31.6 Å². The fourth-order valence-corrected chi connectivity index (χ4v) is 5.55. The number of rotatable bonds is 3. The molecule has 0 radical (unpaired) electrons. The van der Waals surface area contributed by atoms with Crippen molar-refractivity contribution in [2.75, 3.05) is 19.7 Å². The van der Waals surface area contributed by atoms with E-state index in [2.05, 4.69) is 16.3 Å². The van der Waals surface area contributed by atoms with Gasteiger partial charge in [-0.15, -0.1) is 11.3 Å². The number of likely N-dealkylation sites (tertiary alicyclic amines) is 1. The average molecular weight is 425 g/mol. The van der Waals surface area contributed by atoms with E-state index in [1.165, 1.54) is 10.4 Å². The number of piperidine rings is 1. The zero-order valence-electron chi connectivity index (χ0n) is 14.5. The molecule has 0 unspecified atom stereocenters. The van der Waals surface area contributed by atoms with Crippen LogP contribution in [-0.2, 0) is 23.3 Å². The minimum absolute atomic E-state index is 0.254. The molecule has 150 valence electrons. The molecule has 4 rings (SSSR count). The van der Waals surface area contributed by atoms with Gasteiger partial charge in [0.15, 0.2) is 0 Å². The standard InChI is InChI=1S/C18H20F5NOS2/c19-27(20,21,22,23)15-3-1-14(2-4-15)13-24-9-7-18(8-10-24)16-6-12-26-17(16)5-11-25-18/h1-4,6,12H,5,7-11,13H2. The van der Waals surface area contributed by atoms with Gasteiger partial charge in [0.05, 0.1) is 12.2 Å². The van der Waals surface area contributed by atoms with Crippen molar-refractivity contribution in [1.29, 1.82) is 0 Å². The molecule has 1 aromatic carbocycles. The predicted molar refractivity (Wildman–Crippen MR) is 98.0 cm³/mol. The number of ether oxygens (including phenoxy) is 1. The fourth-order valence-electron chi connectivity index (χ4n) is 3.95. The van der Waals surface area contributed by atoms with E-state index in [9.17, 15) is 19.4 Å². The molecule has 2 aromatic rings. The van der Waals surface area contributed by atoms with E-state index < -0.39 is 15.1 Å². The van der Waals surface area contributed by atoms with E-state index in [-0.39, 0.29) is 5.60 Å². The van der Waals surface area contributed by atoms with Crippen molar-refractivity contribution < 1.29 is 24.2 Å². The molecule has 1 fully saturated rings. The van der Waals surface area contributed by atoms with Gasteiger partial charge in [-0.25, -0.2) is 0 Å². The summed E-state index contributed by atoms with van der Waals surface area (Å²) in [6, 6.07) is 5.40. The fraction of sp³-hybridized carbons (Fsp3) is 0.444. The molecule has 0 saturated carbocycles. The lowest BCUT2D eigenvalue weighted by Crippen LogP contribution is -2.45. The summed E-state index contributed by atoms with van der Waals surface area (Å²) in [4.78, 5) is 1.67. The van der Waals surface area contributed by atoms with Gasteiger partial charge in [-0.3, -0.25) is 4.90 Å². The van der Waals surface area contributed by atoms with Crippen LogP contribution in [0.25, 0.3) is 0 Å². The van der Waals surface area contributed by atoms with Gasteiger partial charge in [0.2, 0.25) is 0 Å². The number of fused-ring (bicyclic) bond motifs is 2. The molecule has 9 heteroatoms. The Morgan fingerprint density at radius 2 is 1.67 bits per heavy atom. The Labute approximate surface area is 158 Å². The monoisotopic (exact) mass is 425 g/mol. The Bertz CT molecular complexity index is 839. The molecular formula is C18H20F5NOS2. The van der Waals surface area contributed by atoms with E-state index in [0.29, 0.717) is 30.8 Å². The third-order valence-electron chi connectivity index (χ3n) is 5.38. The van der Waals surface area contributed by atoms with Crippen molar-refractivity contribution in [2.45, 2.75) is 36.3 Å². The van der Waals surface area contributed by atoms with E-state index in [1.54, 1.807) is 11.3 Å². The highest BCUT2D eigenvalue weighted by Crippen LogP contribution is 3.02. The van der Waals surface area contributed by atoms with E-state index in [4.69, 9.17) is 4.74 Å². The van der Waals surface area contributed by atoms with Crippen LogP contribution in [0.2, 0.25) is 0 Å². The maximum Gasteiger partial charge on any atom is 0.310 e. The maximum absolute atomic E-state index is 12.8. The van der Waals surface area contributed by atoms with Crippen molar-refractivity contribution >= 4 is 21.6 Å². The summed E-state index contributed by atoms with van der Waals surface area (Å²) in [5, 5.41) is 2.09. The zero-order chi connectivity index (χ0) is 19.4. The molecule has 1 spiro atoms. The maximum atomic E-state index is 12.8. The smallest absolute Gasteiger partial charge is 0.310 e. The Kier molecular flexibility index (Phi) is 4.04. The molecule has 0 aliphatic carbocycles. The van der Waals surface area contributed by atoms with E-state index in [1.807, 2.05) is 0 Å². The zero-order valence-corrected chi connectivity index (χ0v) is 16.1. The molecule has 1 saturated heterocycles. The van der Waals surface area contributed by atoms with Crippen molar-refractivity contribution in [3.63, 3.8) is 0 Å². The predicted octanol–water partition coefficient (Wildman–Crippen LogP) is 6.47. The van der Waals surface area contributed by atoms with E-state index in [0.717, 1.165) is 44.5 Å². The van der Waals surface area contributed by atoms with Gasteiger partial charge < -0.3 is 4.74 Å². The minimum Gasteiger partial charge on any atom is -0.370 e. The summed E-state index contributed by atoms with van der Waals surface area (Å²) in [6.07, 6.45) is 2.58. The summed E-state index contributed by atoms with van der Waals surface area (Å²) >= 11 is 1.76. The van der Waals surface area contributed by atoms with Crippen LogP contribution >= 0.6 is 21.6 Å². The van der Waals surface area contributed by atoms with Crippen molar-refractivity contribution in [3.05, 3.63) is 51.7 Å².